The van der Waals surface area contributed by atoms with E-state index in [2.05, 4.69) is 0 Å². The number of halogens is 3. The fraction of sp³-hybridized carbons (Fsp3) is 0.667. The van der Waals surface area contributed by atoms with Gasteiger partial charge in [-0.05, 0) is 6.92 Å². The average Bonchev–Trinajstić information content (AvgIpc) is 1.82. The highest BCUT2D eigenvalue weighted by atomic mass is 19.4. The zero-order chi connectivity index (χ0) is 9.94. The summed E-state index contributed by atoms with van der Waals surface area (Å²) in [6, 6.07) is -1.51. The molecule has 1 N–H and O–H groups in total. The van der Waals surface area contributed by atoms with Crippen molar-refractivity contribution < 1.29 is 22.8 Å². The first kappa shape index (κ1) is 10.9. The molecule has 0 saturated carbocycles. The normalized spacial score (nSPS) is 13.8. The van der Waals surface area contributed by atoms with Crippen molar-refractivity contribution in [3.05, 3.63) is 0 Å². The Kier molecular flexibility index (Phi) is 3.24. The first-order chi connectivity index (χ1) is 5.25. The lowest BCUT2D eigenvalue weighted by Gasteiger charge is -2.12. The number of carbonyl (C=O) groups excluding carboxylic acids is 2. The number of ketones is 1. The quantitative estimate of drug-likeness (QED) is 0.682. The highest BCUT2D eigenvalue weighted by Gasteiger charge is 2.41. The van der Waals surface area contributed by atoms with Gasteiger partial charge in [-0.1, -0.05) is 0 Å². The molecule has 0 rings (SSSR count). The van der Waals surface area contributed by atoms with E-state index in [9.17, 15) is 22.8 Å². The van der Waals surface area contributed by atoms with Crippen molar-refractivity contribution in [2.45, 2.75) is 26.1 Å². The molecular weight excluding hydrogens is 175 g/mol. The number of rotatable bonds is 2. The van der Waals surface area contributed by atoms with Gasteiger partial charge in [0.2, 0.25) is 5.91 Å². The van der Waals surface area contributed by atoms with Crippen molar-refractivity contribution in [1.82, 2.24) is 5.32 Å². The van der Waals surface area contributed by atoms with Gasteiger partial charge in [-0.2, -0.15) is 13.2 Å². The van der Waals surface area contributed by atoms with E-state index >= 15 is 0 Å². The van der Waals surface area contributed by atoms with Gasteiger partial charge in [-0.25, -0.2) is 0 Å². The Morgan fingerprint density at radius 3 is 2.00 bits per heavy atom. The van der Waals surface area contributed by atoms with E-state index in [0.717, 1.165) is 13.8 Å². The van der Waals surface area contributed by atoms with E-state index in [1.54, 1.807) is 0 Å². The first-order valence-corrected chi connectivity index (χ1v) is 3.13. The predicted molar refractivity (Wildman–Crippen MR) is 34.3 cm³/mol. The summed E-state index contributed by atoms with van der Waals surface area (Å²) in [6.07, 6.45) is -4.89. The van der Waals surface area contributed by atoms with Gasteiger partial charge in [0.1, 0.15) is 0 Å². The van der Waals surface area contributed by atoms with Gasteiger partial charge in [0.15, 0.2) is 0 Å². The molecule has 3 nitrogen and oxygen atoms in total. The maximum Gasteiger partial charge on any atom is 0.452 e. The topological polar surface area (TPSA) is 46.2 Å². The van der Waals surface area contributed by atoms with Crippen LogP contribution in [0.1, 0.15) is 13.8 Å². The molecule has 0 spiro atoms. The number of nitrogens with one attached hydrogen (secondary N) is 1. The van der Waals surface area contributed by atoms with Crippen LogP contribution in [0, 0.1) is 0 Å². The molecule has 1 amide bonds. The molecule has 0 radical (unpaired) electrons. The van der Waals surface area contributed by atoms with Crippen molar-refractivity contribution in [1.29, 1.82) is 0 Å². The summed E-state index contributed by atoms with van der Waals surface area (Å²) in [6.45, 7) is 2.03. The van der Waals surface area contributed by atoms with Crippen LogP contribution >= 0.6 is 0 Å². The molecule has 0 saturated heterocycles. The third kappa shape index (κ3) is 3.36. The molecule has 6 heteroatoms. The summed E-state index contributed by atoms with van der Waals surface area (Å²) in [5, 5.41) is 1.84. The number of amides is 1. The molecule has 0 aliphatic carbocycles. The Morgan fingerprint density at radius 1 is 1.33 bits per heavy atom. The fourth-order valence-corrected chi connectivity index (χ4v) is 0.616. The van der Waals surface area contributed by atoms with Gasteiger partial charge in [-0.15, -0.1) is 0 Å². The molecule has 0 aromatic heterocycles. The van der Waals surface area contributed by atoms with Crippen LogP contribution in [0.15, 0.2) is 0 Å². The van der Waals surface area contributed by atoms with Crippen LogP contribution in [0.3, 0.4) is 0 Å². The number of hydrogen-bond donors (Lipinski definition) is 1. The molecule has 0 heterocycles. The molecule has 1 atom stereocenters. The van der Waals surface area contributed by atoms with Crippen LogP contribution in [0.4, 0.5) is 13.2 Å². The lowest BCUT2D eigenvalue weighted by molar-refractivity contribution is -0.173. The molecule has 0 aliphatic heterocycles. The van der Waals surface area contributed by atoms with Gasteiger partial charge in [-0.3, -0.25) is 9.59 Å². The SMILES string of the molecule is CC(=O)NC(C)C(=O)C(F)(F)F. The molecule has 12 heavy (non-hydrogen) atoms. The third-order valence-electron chi connectivity index (χ3n) is 1.09. The van der Waals surface area contributed by atoms with Crippen LogP contribution in [0.5, 0.6) is 0 Å². The molecule has 0 aromatic rings. The van der Waals surface area contributed by atoms with Gasteiger partial charge in [0.05, 0.1) is 6.04 Å². The van der Waals surface area contributed by atoms with Gasteiger partial charge in [0, 0.05) is 6.92 Å². The maximum atomic E-state index is 11.6. The smallest absolute Gasteiger partial charge is 0.346 e. The van der Waals surface area contributed by atoms with Gasteiger partial charge >= 0.3 is 6.18 Å². The van der Waals surface area contributed by atoms with Crippen molar-refractivity contribution in [2.24, 2.45) is 0 Å². The van der Waals surface area contributed by atoms with Crippen LogP contribution in [-0.4, -0.2) is 23.9 Å². The van der Waals surface area contributed by atoms with E-state index in [1.165, 1.54) is 0 Å². The molecule has 70 valence electrons. The van der Waals surface area contributed by atoms with Gasteiger partial charge in [0.25, 0.3) is 5.78 Å². The average molecular weight is 183 g/mol. The second-order valence-corrected chi connectivity index (χ2v) is 2.28. The van der Waals surface area contributed by atoms with E-state index in [1.807, 2.05) is 5.32 Å². The number of alkyl halides is 3. The molecular formula is C6H8F3NO2. The minimum absolute atomic E-state index is 0.667. The summed E-state index contributed by atoms with van der Waals surface area (Å²) < 4.78 is 34.9. The molecule has 0 bridgehead atoms. The Hall–Kier alpha value is -1.07. The zero-order valence-corrected chi connectivity index (χ0v) is 6.53. The molecule has 0 aliphatic rings. The summed E-state index contributed by atoms with van der Waals surface area (Å²) in [5.74, 6) is -2.61. The van der Waals surface area contributed by atoms with Crippen molar-refractivity contribution in [3.63, 3.8) is 0 Å². The standard InChI is InChI=1S/C6H8F3NO2/c1-3(10-4(2)11)5(12)6(7,8)9/h3H,1-2H3,(H,10,11). The van der Waals surface area contributed by atoms with Crippen molar-refractivity contribution in [3.8, 4) is 0 Å². The Labute approximate surface area is 66.9 Å². The van der Waals surface area contributed by atoms with E-state index in [4.69, 9.17) is 0 Å². The summed E-state index contributed by atoms with van der Waals surface area (Å²) in [5.41, 5.74) is 0. The second kappa shape index (κ2) is 3.55. The van der Waals surface area contributed by atoms with E-state index in [0.29, 0.717) is 0 Å². The molecule has 1 unspecified atom stereocenters. The lowest BCUT2D eigenvalue weighted by Crippen LogP contribution is -2.43. The third-order valence-corrected chi connectivity index (χ3v) is 1.09. The number of Topliss-reactive ketones (excluding diaryl/α,β-unsaturated/α-hetero) is 1. The largest absolute Gasteiger partial charge is 0.452 e. The fourth-order valence-electron chi connectivity index (χ4n) is 0.616. The highest BCUT2D eigenvalue weighted by Crippen LogP contribution is 2.17. The van der Waals surface area contributed by atoms with Crippen LogP contribution in [0.2, 0.25) is 0 Å². The lowest BCUT2D eigenvalue weighted by atomic mass is 10.2. The minimum Gasteiger partial charge on any atom is -0.346 e. The van der Waals surface area contributed by atoms with Crippen LogP contribution < -0.4 is 5.32 Å². The van der Waals surface area contributed by atoms with Crippen LogP contribution in [0.25, 0.3) is 0 Å². The van der Waals surface area contributed by atoms with Crippen molar-refractivity contribution >= 4 is 11.7 Å². The number of hydrogen-bond acceptors (Lipinski definition) is 2. The molecule has 0 fully saturated rings. The summed E-state index contributed by atoms with van der Waals surface area (Å²) in [4.78, 5) is 20.6. The minimum atomic E-state index is -4.89. The predicted octanol–water partition coefficient (Wildman–Crippen LogP) is 0.642. The second-order valence-electron chi connectivity index (χ2n) is 2.28. The first-order valence-electron chi connectivity index (χ1n) is 3.13. The molecule has 0 aromatic carbocycles. The Balaban J connectivity index is 4.21. The Bertz CT molecular complexity index is 199. The monoisotopic (exact) mass is 183 g/mol. The zero-order valence-electron chi connectivity index (χ0n) is 6.53. The summed E-state index contributed by atoms with van der Waals surface area (Å²) >= 11 is 0. The number of carbonyl (C=O) groups is 2. The maximum absolute atomic E-state index is 11.6. The van der Waals surface area contributed by atoms with Crippen LogP contribution in [-0.2, 0) is 9.59 Å². The summed E-state index contributed by atoms with van der Waals surface area (Å²) in [7, 11) is 0. The highest BCUT2D eigenvalue weighted by molar-refractivity contribution is 5.91. The Morgan fingerprint density at radius 2 is 1.75 bits per heavy atom. The van der Waals surface area contributed by atoms with Gasteiger partial charge < -0.3 is 5.32 Å². The van der Waals surface area contributed by atoms with E-state index in [-0.39, 0.29) is 0 Å². The van der Waals surface area contributed by atoms with Crippen molar-refractivity contribution in [2.75, 3.05) is 0 Å². The van der Waals surface area contributed by atoms with E-state index < -0.39 is 23.9 Å².